The van der Waals surface area contributed by atoms with Crippen LogP contribution in [0, 0.1) is 0 Å². The molecule has 1 aliphatic rings. The summed E-state index contributed by atoms with van der Waals surface area (Å²) < 4.78 is 5.40. The Hall–Kier alpha value is -2.10. The van der Waals surface area contributed by atoms with E-state index < -0.39 is 5.97 Å². The minimum atomic E-state index is -0.498. The maximum atomic E-state index is 12.2. The molecule has 3 nitrogen and oxygen atoms in total. The van der Waals surface area contributed by atoms with Gasteiger partial charge in [-0.05, 0) is 47.9 Å². The lowest BCUT2D eigenvalue weighted by molar-refractivity contribution is -0.115. The molecule has 0 amide bonds. The molecule has 0 aromatic heterocycles. The van der Waals surface area contributed by atoms with Crippen LogP contribution in [-0.4, -0.2) is 11.8 Å². The SMILES string of the molecule is O=C1C=C(OC(=O)c2ccc(Cl)cc2)C[C@H](c2ccc(Cl)cc2)C1. The number of carbonyl (C=O) groups excluding carboxylic acids is 2. The summed E-state index contributed by atoms with van der Waals surface area (Å²) in [7, 11) is 0. The van der Waals surface area contributed by atoms with Gasteiger partial charge in [0.05, 0.1) is 5.56 Å². The Morgan fingerprint density at radius 3 is 2.12 bits per heavy atom. The molecule has 0 N–H and O–H groups in total. The second kappa shape index (κ2) is 7.20. The zero-order chi connectivity index (χ0) is 17.1. The number of allylic oxidation sites excluding steroid dienone is 2. The molecule has 0 radical (unpaired) electrons. The monoisotopic (exact) mass is 360 g/mol. The van der Waals surface area contributed by atoms with Crippen molar-refractivity contribution >= 4 is 35.0 Å². The van der Waals surface area contributed by atoms with Gasteiger partial charge in [0.1, 0.15) is 5.76 Å². The summed E-state index contributed by atoms with van der Waals surface area (Å²) >= 11 is 11.7. The molecule has 0 unspecified atom stereocenters. The van der Waals surface area contributed by atoms with Crippen LogP contribution >= 0.6 is 23.2 Å². The van der Waals surface area contributed by atoms with E-state index in [-0.39, 0.29) is 11.7 Å². The first kappa shape index (κ1) is 16.7. The van der Waals surface area contributed by atoms with Gasteiger partial charge >= 0.3 is 5.97 Å². The van der Waals surface area contributed by atoms with E-state index in [1.807, 2.05) is 12.1 Å². The molecule has 0 bridgehead atoms. The zero-order valence-corrected chi connectivity index (χ0v) is 14.2. The fourth-order valence-corrected chi connectivity index (χ4v) is 2.91. The molecular formula is C19H14Cl2O3. The van der Waals surface area contributed by atoms with Crippen LogP contribution in [0.3, 0.4) is 0 Å². The van der Waals surface area contributed by atoms with Gasteiger partial charge in [-0.15, -0.1) is 0 Å². The minimum absolute atomic E-state index is 0.0206. The highest BCUT2D eigenvalue weighted by Gasteiger charge is 2.25. The molecule has 0 spiro atoms. The summed E-state index contributed by atoms with van der Waals surface area (Å²) in [5, 5.41) is 1.19. The Morgan fingerprint density at radius 1 is 0.917 bits per heavy atom. The summed E-state index contributed by atoms with van der Waals surface area (Å²) in [4.78, 5) is 24.2. The standard InChI is InChI=1S/C19H14Cl2O3/c20-15-5-1-12(2-6-15)14-9-17(22)11-18(10-14)24-19(23)13-3-7-16(21)8-4-13/h1-8,11,14H,9-10H2/t14-/m1/s1. The lowest BCUT2D eigenvalue weighted by Crippen LogP contribution is -2.16. The number of hydrogen-bond acceptors (Lipinski definition) is 3. The third-order valence-corrected chi connectivity index (χ3v) is 4.37. The Bertz CT molecular complexity index is 792. The summed E-state index contributed by atoms with van der Waals surface area (Å²) in [6.45, 7) is 0. The van der Waals surface area contributed by atoms with Gasteiger partial charge in [0, 0.05) is 29.0 Å². The number of rotatable bonds is 3. The smallest absolute Gasteiger partial charge is 0.343 e. The van der Waals surface area contributed by atoms with Crippen LogP contribution in [0.1, 0.15) is 34.7 Å². The number of esters is 1. The summed E-state index contributed by atoms with van der Waals surface area (Å²) in [6, 6.07) is 13.8. The maximum absolute atomic E-state index is 12.2. The topological polar surface area (TPSA) is 43.4 Å². The van der Waals surface area contributed by atoms with Crippen LogP contribution in [-0.2, 0) is 9.53 Å². The van der Waals surface area contributed by atoms with E-state index in [1.54, 1.807) is 36.4 Å². The average Bonchev–Trinajstić information content (AvgIpc) is 2.55. The molecule has 3 rings (SSSR count). The highest BCUT2D eigenvalue weighted by atomic mass is 35.5. The highest BCUT2D eigenvalue weighted by Crippen LogP contribution is 2.32. The molecule has 0 saturated heterocycles. The van der Waals surface area contributed by atoms with E-state index in [2.05, 4.69) is 0 Å². The van der Waals surface area contributed by atoms with Crippen molar-refractivity contribution in [3.05, 3.63) is 81.5 Å². The molecule has 122 valence electrons. The van der Waals surface area contributed by atoms with Crippen LogP contribution in [0.2, 0.25) is 10.0 Å². The molecule has 1 atom stereocenters. The largest absolute Gasteiger partial charge is 0.427 e. The first-order valence-corrected chi connectivity index (χ1v) is 8.23. The van der Waals surface area contributed by atoms with Crippen molar-refractivity contribution < 1.29 is 14.3 Å². The second-order valence-electron chi connectivity index (χ2n) is 5.63. The number of halogens is 2. The van der Waals surface area contributed by atoms with Gasteiger partial charge in [0.25, 0.3) is 0 Å². The Morgan fingerprint density at radius 2 is 1.50 bits per heavy atom. The Kier molecular flexibility index (Phi) is 5.03. The molecule has 1 aliphatic carbocycles. The van der Waals surface area contributed by atoms with Crippen molar-refractivity contribution in [1.82, 2.24) is 0 Å². The first-order chi connectivity index (χ1) is 11.5. The lowest BCUT2D eigenvalue weighted by Gasteiger charge is -2.22. The van der Waals surface area contributed by atoms with Crippen molar-refractivity contribution in [2.75, 3.05) is 0 Å². The summed E-state index contributed by atoms with van der Waals surface area (Å²) in [5.41, 5.74) is 1.39. The lowest BCUT2D eigenvalue weighted by atomic mass is 9.86. The molecule has 5 heteroatoms. The molecule has 0 heterocycles. The van der Waals surface area contributed by atoms with E-state index in [0.717, 1.165) is 5.56 Å². The molecule has 0 aliphatic heterocycles. The Labute approximate surface area is 149 Å². The predicted molar refractivity (Wildman–Crippen MR) is 93.4 cm³/mol. The van der Waals surface area contributed by atoms with Gasteiger partial charge in [0.2, 0.25) is 0 Å². The zero-order valence-electron chi connectivity index (χ0n) is 12.7. The molecule has 24 heavy (non-hydrogen) atoms. The van der Waals surface area contributed by atoms with Crippen molar-refractivity contribution in [2.45, 2.75) is 18.8 Å². The minimum Gasteiger partial charge on any atom is -0.427 e. The normalized spacial score (nSPS) is 17.3. The predicted octanol–water partition coefficient (Wildman–Crippen LogP) is 5.18. The highest BCUT2D eigenvalue weighted by molar-refractivity contribution is 6.30. The van der Waals surface area contributed by atoms with E-state index in [9.17, 15) is 9.59 Å². The van der Waals surface area contributed by atoms with Gasteiger partial charge in [0.15, 0.2) is 5.78 Å². The van der Waals surface area contributed by atoms with Crippen molar-refractivity contribution in [1.29, 1.82) is 0 Å². The third-order valence-electron chi connectivity index (χ3n) is 3.86. The average molecular weight is 361 g/mol. The molecule has 0 saturated carbocycles. The van der Waals surface area contributed by atoms with E-state index in [1.165, 1.54) is 6.08 Å². The van der Waals surface area contributed by atoms with Gasteiger partial charge in [-0.3, -0.25) is 4.79 Å². The molecule has 2 aromatic rings. The van der Waals surface area contributed by atoms with Crippen LogP contribution in [0.4, 0.5) is 0 Å². The first-order valence-electron chi connectivity index (χ1n) is 7.48. The van der Waals surface area contributed by atoms with Crippen LogP contribution in [0.25, 0.3) is 0 Å². The fraction of sp³-hybridized carbons (Fsp3) is 0.158. The number of ether oxygens (including phenoxy) is 1. The number of carbonyl (C=O) groups is 2. The van der Waals surface area contributed by atoms with Crippen molar-refractivity contribution in [3.8, 4) is 0 Å². The molecular weight excluding hydrogens is 347 g/mol. The third kappa shape index (κ3) is 4.05. The molecule has 0 fully saturated rings. The van der Waals surface area contributed by atoms with Crippen LogP contribution in [0.5, 0.6) is 0 Å². The fourth-order valence-electron chi connectivity index (χ4n) is 2.66. The number of ketones is 1. The number of benzene rings is 2. The van der Waals surface area contributed by atoms with E-state index in [4.69, 9.17) is 27.9 Å². The van der Waals surface area contributed by atoms with Crippen LogP contribution < -0.4 is 0 Å². The quantitative estimate of drug-likeness (QED) is 0.708. The summed E-state index contributed by atoms with van der Waals surface area (Å²) in [5.74, 6) is -0.193. The summed E-state index contributed by atoms with van der Waals surface area (Å²) in [6.07, 6.45) is 2.29. The Balaban J connectivity index is 1.73. The van der Waals surface area contributed by atoms with Crippen molar-refractivity contribution in [3.63, 3.8) is 0 Å². The van der Waals surface area contributed by atoms with E-state index in [0.29, 0.717) is 34.2 Å². The van der Waals surface area contributed by atoms with Gasteiger partial charge in [-0.25, -0.2) is 4.79 Å². The van der Waals surface area contributed by atoms with Gasteiger partial charge in [-0.2, -0.15) is 0 Å². The maximum Gasteiger partial charge on any atom is 0.343 e. The van der Waals surface area contributed by atoms with Crippen molar-refractivity contribution in [2.24, 2.45) is 0 Å². The second-order valence-corrected chi connectivity index (χ2v) is 6.50. The van der Waals surface area contributed by atoms with E-state index >= 15 is 0 Å². The van der Waals surface area contributed by atoms with Gasteiger partial charge < -0.3 is 4.74 Å². The molecule has 2 aromatic carbocycles. The van der Waals surface area contributed by atoms with Crippen LogP contribution in [0.15, 0.2) is 60.4 Å². The van der Waals surface area contributed by atoms with Gasteiger partial charge in [-0.1, -0.05) is 35.3 Å². The number of hydrogen-bond donors (Lipinski definition) is 0.